The third-order valence-electron chi connectivity index (χ3n) is 4.58. The number of aryl methyl sites for hydroxylation is 1. The molecule has 0 bridgehead atoms. The average molecular weight is 509 g/mol. The van der Waals surface area contributed by atoms with E-state index in [0.29, 0.717) is 11.3 Å². The summed E-state index contributed by atoms with van der Waals surface area (Å²) in [5.41, 5.74) is 2.59. The number of aromatic nitrogens is 4. The molecule has 0 spiro atoms. The summed E-state index contributed by atoms with van der Waals surface area (Å²) < 4.78 is 14.3. The summed E-state index contributed by atoms with van der Waals surface area (Å²) in [5, 5.41) is 14.6. The number of anilines is 1. The van der Waals surface area contributed by atoms with Crippen LogP contribution in [0.2, 0.25) is 0 Å². The molecule has 0 saturated heterocycles. The number of aliphatic hydroxyl groups is 1. The number of aliphatic hydroxyl groups excluding tert-OH is 1. The molecule has 1 atom stereocenters. The van der Waals surface area contributed by atoms with Gasteiger partial charge >= 0.3 is 5.69 Å². The molecule has 0 aliphatic carbocycles. The molecule has 0 radical (unpaired) electrons. The van der Waals surface area contributed by atoms with Crippen molar-refractivity contribution < 1.29 is 14.6 Å². The maximum Gasteiger partial charge on any atom is 0.329 e. The summed E-state index contributed by atoms with van der Waals surface area (Å²) >= 11 is 3.41. The van der Waals surface area contributed by atoms with Crippen molar-refractivity contribution in [3.8, 4) is 5.75 Å². The lowest BCUT2D eigenvalue weighted by molar-refractivity contribution is -0.000105. The lowest BCUT2D eigenvalue weighted by atomic mass is 10.2. The number of hydrogen-bond acceptors (Lipinski definition) is 8. The highest BCUT2D eigenvalue weighted by Crippen LogP contribution is 2.22. The van der Waals surface area contributed by atoms with Crippen LogP contribution in [0.4, 0.5) is 5.95 Å². The Morgan fingerprint density at radius 3 is 2.81 bits per heavy atom. The van der Waals surface area contributed by atoms with Gasteiger partial charge in [-0.25, -0.2) is 10.2 Å². The van der Waals surface area contributed by atoms with Crippen LogP contribution >= 0.6 is 15.9 Å². The summed E-state index contributed by atoms with van der Waals surface area (Å²) in [7, 11) is 3.05. The largest absolute Gasteiger partial charge is 0.496 e. The summed E-state index contributed by atoms with van der Waals surface area (Å²) in [6, 6.07) is 5.46. The van der Waals surface area contributed by atoms with Crippen LogP contribution in [-0.2, 0) is 18.3 Å². The number of hydrogen-bond donors (Lipinski definition) is 3. The molecule has 0 amide bonds. The molecular weight excluding hydrogens is 484 g/mol. The number of H-pyrrole nitrogens is 1. The Morgan fingerprint density at radius 2 is 2.12 bits per heavy atom. The second kappa shape index (κ2) is 10.1. The van der Waals surface area contributed by atoms with E-state index in [1.807, 2.05) is 26.0 Å². The van der Waals surface area contributed by atoms with E-state index in [2.05, 4.69) is 36.4 Å². The monoisotopic (exact) mass is 508 g/mol. The van der Waals surface area contributed by atoms with Gasteiger partial charge in [0.1, 0.15) is 5.75 Å². The number of benzene rings is 1. The quantitative estimate of drug-likeness (QED) is 0.293. The van der Waals surface area contributed by atoms with E-state index in [-0.39, 0.29) is 36.4 Å². The van der Waals surface area contributed by atoms with Gasteiger partial charge in [-0.2, -0.15) is 10.1 Å². The van der Waals surface area contributed by atoms with Gasteiger partial charge in [0.2, 0.25) is 5.95 Å². The Hall–Kier alpha value is -2.96. The smallest absolute Gasteiger partial charge is 0.329 e. The fourth-order valence-electron chi connectivity index (χ4n) is 3.03. The minimum Gasteiger partial charge on any atom is -0.496 e. The number of fused-ring (bicyclic) bond motifs is 1. The first-order valence-electron chi connectivity index (χ1n) is 9.83. The van der Waals surface area contributed by atoms with Gasteiger partial charge in [0.05, 0.1) is 38.7 Å². The summed E-state index contributed by atoms with van der Waals surface area (Å²) in [4.78, 5) is 31.1. The first-order chi connectivity index (χ1) is 15.2. The van der Waals surface area contributed by atoms with Crippen LogP contribution in [0.3, 0.4) is 0 Å². The molecule has 2 aromatic heterocycles. The molecule has 0 saturated carbocycles. The second-order valence-corrected chi connectivity index (χ2v) is 8.24. The van der Waals surface area contributed by atoms with Crippen LogP contribution in [0, 0.1) is 0 Å². The third-order valence-corrected chi connectivity index (χ3v) is 5.08. The predicted molar refractivity (Wildman–Crippen MR) is 125 cm³/mol. The fraction of sp³-hybridized carbons (Fsp3) is 0.400. The molecule has 3 N–H and O–H groups in total. The van der Waals surface area contributed by atoms with Gasteiger partial charge in [-0.15, -0.1) is 0 Å². The highest BCUT2D eigenvalue weighted by atomic mass is 79.9. The number of imidazole rings is 1. The number of aromatic amines is 1. The molecule has 3 rings (SSSR count). The minimum absolute atomic E-state index is 0.00254. The Morgan fingerprint density at radius 1 is 1.38 bits per heavy atom. The second-order valence-electron chi connectivity index (χ2n) is 7.33. The number of ether oxygens (including phenoxy) is 2. The Labute approximate surface area is 191 Å². The first-order valence-corrected chi connectivity index (χ1v) is 10.6. The van der Waals surface area contributed by atoms with Gasteiger partial charge in [-0.3, -0.25) is 14.3 Å². The van der Waals surface area contributed by atoms with E-state index in [1.165, 1.54) is 22.4 Å². The van der Waals surface area contributed by atoms with Gasteiger partial charge in [0, 0.05) is 17.1 Å². The van der Waals surface area contributed by atoms with E-state index >= 15 is 0 Å². The fourth-order valence-corrected chi connectivity index (χ4v) is 3.41. The Kier molecular flexibility index (Phi) is 7.48. The highest BCUT2D eigenvalue weighted by molar-refractivity contribution is 9.10. The van der Waals surface area contributed by atoms with Crippen LogP contribution in [0.25, 0.3) is 11.2 Å². The van der Waals surface area contributed by atoms with Crippen LogP contribution in [0.1, 0.15) is 19.4 Å². The number of methoxy groups -OCH3 is 1. The third kappa shape index (κ3) is 5.26. The van der Waals surface area contributed by atoms with E-state index in [0.717, 1.165) is 4.47 Å². The number of nitrogens with zero attached hydrogens (tertiary/aromatic N) is 4. The van der Waals surface area contributed by atoms with Crippen molar-refractivity contribution in [2.45, 2.75) is 32.6 Å². The van der Waals surface area contributed by atoms with Crippen molar-refractivity contribution in [3.63, 3.8) is 0 Å². The van der Waals surface area contributed by atoms with E-state index in [1.54, 1.807) is 13.2 Å². The molecule has 1 aromatic carbocycles. The van der Waals surface area contributed by atoms with Gasteiger partial charge in [-0.1, -0.05) is 15.9 Å². The van der Waals surface area contributed by atoms with E-state index in [4.69, 9.17) is 9.47 Å². The zero-order chi connectivity index (χ0) is 23.4. The van der Waals surface area contributed by atoms with Gasteiger partial charge < -0.3 is 19.1 Å². The van der Waals surface area contributed by atoms with Crippen LogP contribution < -0.4 is 21.4 Å². The van der Waals surface area contributed by atoms with Gasteiger partial charge in [0.15, 0.2) is 11.2 Å². The summed E-state index contributed by atoms with van der Waals surface area (Å²) in [6.07, 6.45) is 0.561. The number of hydrazone groups is 1. The molecule has 172 valence electrons. The molecule has 11 nitrogen and oxygen atoms in total. The van der Waals surface area contributed by atoms with Crippen molar-refractivity contribution in [2.75, 3.05) is 19.1 Å². The highest BCUT2D eigenvalue weighted by Gasteiger charge is 2.20. The van der Waals surface area contributed by atoms with Crippen molar-refractivity contribution >= 4 is 39.3 Å². The van der Waals surface area contributed by atoms with Crippen LogP contribution in [0.15, 0.2) is 37.4 Å². The predicted octanol–water partition coefficient (Wildman–Crippen LogP) is 1.43. The van der Waals surface area contributed by atoms with Crippen molar-refractivity contribution in [2.24, 2.45) is 12.1 Å². The van der Waals surface area contributed by atoms with Gasteiger partial charge in [0.25, 0.3) is 5.56 Å². The Bertz CT molecular complexity index is 1250. The number of nitrogens with one attached hydrogen (secondary N) is 2. The molecule has 0 aliphatic rings. The Balaban J connectivity index is 1.99. The maximum atomic E-state index is 12.5. The molecule has 0 fully saturated rings. The summed E-state index contributed by atoms with van der Waals surface area (Å²) in [6.45, 7) is 3.79. The van der Waals surface area contributed by atoms with Crippen LogP contribution in [0.5, 0.6) is 5.75 Å². The number of rotatable bonds is 9. The molecule has 0 aliphatic heterocycles. The number of halogens is 1. The molecular formula is C20H25BrN6O5. The lowest BCUT2D eigenvalue weighted by Crippen LogP contribution is -2.30. The minimum atomic E-state index is -0.916. The van der Waals surface area contributed by atoms with E-state index < -0.39 is 17.4 Å². The zero-order valence-corrected chi connectivity index (χ0v) is 19.7. The molecule has 12 heteroatoms. The molecule has 1 unspecified atom stereocenters. The van der Waals surface area contributed by atoms with Crippen molar-refractivity contribution in [1.29, 1.82) is 0 Å². The standard InChI is InChI=1S/C20H25BrN6O5/c1-11(2)32-10-14(28)9-27-16-17(26(3)20(30)24-18(16)29)23-19(27)25-22-8-12-7-13(21)5-6-15(12)31-4/h5-8,11,14,28H,9-10H2,1-4H3,(H,23,25)(H,24,29,30). The van der Waals surface area contributed by atoms with Crippen molar-refractivity contribution in [3.05, 3.63) is 49.1 Å². The molecule has 3 aromatic rings. The SMILES string of the molecule is COc1ccc(Br)cc1C=NNc1nc2c(c(=O)[nH]c(=O)n2C)n1CC(O)COC(C)C. The summed E-state index contributed by atoms with van der Waals surface area (Å²) in [5.74, 6) is 0.799. The maximum absolute atomic E-state index is 12.5. The normalized spacial score (nSPS) is 12.7. The topological polar surface area (TPSA) is 136 Å². The zero-order valence-electron chi connectivity index (χ0n) is 18.1. The lowest BCUT2D eigenvalue weighted by Gasteiger charge is -2.15. The molecule has 32 heavy (non-hydrogen) atoms. The first kappa shape index (κ1) is 23.7. The molecule has 2 heterocycles. The van der Waals surface area contributed by atoms with E-state index in [9.17, 15) is 14.7 Å². The van der Waals surface area contributed by atoms with Crippen molar-refractivity contribution in [1.82, 2.24) is 19.1 Å². The average Bonchev–Trinajstić information content (AvgIpc) is 3.09. The van der Waals surface area contributed by atoms with Gasteiger partial charge in [-0.05, 0) is 32.0 Å². The van der Waals surface area contributed by atoms with Crippen LogP contribution in [-0.4, -0.2) is 56.3 Å².